The summed E-state index contributed by atoms with van der Waals surface area (Å²) in [6, 6.07) is 6.07. The number of nitrogens with zero attached hydrogens (tertiary/aromatic N) is 4. The molecule has 0 unspecified atom stereocenters. The lowest BCUT2D eigenvalue weighted by molar-refractivity contribution is 0.102. The average Bonchev–Trinajstić information content (AvgIpc) is 3.25. The molecule has 0 bridgehead atoms. The summed E-state index contributed by atoms with van der Waals surface area (Å²) in [6.45, 7) is 1.75. The van der Waals surface area contributed by atoms with Crippen molar-refractivity contribution in [3.8, 4) is 5.69 Å². The minimum atomic E-state index is -0.340. The van der Waals surface area contributed by atoms with E-state index in [2.05, 4.69) is 25.6 Å². The van der Waals surface area contributed by atoms with Crippen LogP contribution in [0.4, 0.5) is 10.3 Å². The first-order chi connectivity index (χ1) is 11.6. The molecule has 0 fully saturated rings. The molecule has 0 radical (unpaired) electrons. The summed E-state index contributed by atoms with van der Waals surface area (Å²) in [7, 11) is 0. The van der Waals surface area contributed by atoms with Crippen LogP contribution in [-0.4, -0.2) is 30.9 Å². The van der Waals surface area contributed by atoms with Crippen LogP contribution >= 0.6 is 0 Å². The number of rotatable bonds is 3. The Morgan fingerprint density at radius 3 is 2.79 bits per heavy atom. The van der Waals surface area contributed by atoms with Crippen molar-refractivity contribution in [2.24, 2.45) is 0 Å². The fourth-order valence-corrected chi connectivity index (χ4v) is 2.97. The summed E-state index contributed by atoms with van der Waals surface area (Å²) >= 11 is 0. The largest absolute Gasteiger partial charge is 0.288 e. The van der Waals surface area contributed by atoms with Crippen LogP contribution in [0.5, 0.6) is 0 Å². The molecule has 8 heteroatoms. The third-order valence-corrected chi connectivity index (χ3v) is 4.04. The van der Waals surface area contributed by atoms with Gasteiger partial charge in [-0.05, 0) is 50.5 Å². The predicted octanol–water partition coefficient (Wildman–Crippen LogP) is 2.18. The van der Waals surface area contributed by atoms with Crippen molar-refractivity contribution in [2.45, 2.75) is 26.2 Å². The van der Waals surface area contributed by atoms with Gasteiger partial charge in [-0.3, -0.25) is 15.2 Å². The second-order valence-corrected chi connectivity index (χ2v) is 5.71. The van der Waals surface area contributed by atoms with Crippen molar-refractivity contribution >= 4 is 11.9 Å². The molecule has 122 valence electrons. The SMILES string of the molecule is Cc1nc(NC(=O)c2nn(-c3ccc(F)cc3)c3c2CCC3)n[nH]1. The normalized spacial score (nSPS) is 13.1. The van der Waals surface area contributed by atoms with E-state index in [9.17, 15) is 9.18 Å². The Labute approximate surface area is 136 Å². The molecule has 1 aromatic carbocycles. The Hall–Kier alpha value is -3.03. The van der Waals surface area contributed by atoms with E-state index in [1.165, 1.54) is 12.1 Å². The third-order valence-electron chi connectivity index (χ3n) is 4.04. The van der Waals surface area contributed by atoms with E-state index in [-0.39, 0.29) is 17.7 Å². The molecular formula is C16H15FN6O. The topological polar surface area (TPSA) is 88.5 Å². The molecule has 0 aliphatic heterocycles. The number of carbonyl (C=O) groups is 1. The Bertz CT molecular complexity index is 911. The third kappa shape index (κ3) is 2.45. The van der Waals surface area contributed by atoms with Gasteiger partial charge in [-0.25, -0.2) is 9.07 Å². The second-order valence-electron chi connectivity index (χ2n) is 5.71. The van der Waals surface area contributed by atoms with Gasteiger partial charge in [0.05, 0.1) is 5.69 Å². The molecule has 0 saturated heterocycles. The predicted molar refractivity (Wildman–Crippen MR) is 84.6 cm³/mol. The van der Waals surface area contributed by atoms with Crippen molar-refractivity contribution in [3.63, 3.8) is 0 Å². The molecule has 0 saturated carbocycles. The molecule has 1 aliphatic rings. The molecule has 0 atom stereocenters. The lowest BCUT2D eigenvalue weighted by Gasteiger charge is -2.05. The van der Waals surface area contributed by atoms with Crippen molar-refractivity contribution in [3.05, 3.63) is 52.9 Å². The van der Waals surface area contributed by atoms with Gasteiger partial charge in [-0.15, -0.1) is 5.10 Å². The monoisotopic (exact) mass is 326 g/mol. The molecule has 3 aromatic rings. The van der Waals surface area contributed by atoms with Gasteiger partial charge in [-0.2, -0.15) is 10.1 Å². The summed E-state index contributed by atoms with van der Waals surface area (Å²) in [5, 5.41) is 13.7. The van der Waals surface area contributed by atoms with Crippen molar-refractivity contribution in [2.75, 3.05) is 5.32 Å². The van der Waals surface area contributed by atoms with Crippen molar-refractivity contribution < 1.29 is 9.18 Å². The van der Waals surface area contributed by atoms with Gasteiger partial charge in [0.1, 0.15) is 11.6 Å². The zero-order valence-electron chi connectivity index (χ0n) is 13.0. The number of aryl methyl sites for hydroxylation is 1. The van der Waals surface area contributed by atoms with E-state index in [0.717, 1.165) is 36.2 Å². The first-order valence-electron chi connectivity index (χ1n) is 7.69. The number of amides is 1. The van der Waals surface area contributed by atoms with E-state index in [4.69, 9.17) is 0 Å². The highest BCUT2D eigenvalue weighted by atomic mass is 19.1. The van der Waals surface area contributed by atoms with Gasteiger partial charge in [0.15, 0.2) is 5.69 Å². The van der Waals surface area contributed by atoms with Crippen LogP contribution in [0.2, 0.25) is 0 Å². The summed E-state index contributed by atoms with van der Waals surface area (Å²) in [5.74, 6) is 0.196. The number of aromatic nitrogens is 5. The van der Waals surface area contributed by atoms with Crippen molar-refractivity contribution in [1.29, 1.82) is 0 Å². The number of hydrogen-bond acceptors (Lipinski definition) is 4. The maximum absolute atomic E-state index is 13.1. The second kappa shape index (κ2) is 5.55. The van der Waals surface area contributed by atoms with Gasteiger partial charge in [0.25, 0.3) is 5.91 Å². The fourth-order valence-electron chi connectivity index (χ4n) is 2.97. The zero-order valence-corrected chi connectivity index (χ0v) is 13.0. The van der Waals surface area contributed by atoms with Crippen LogP contribution in [0.3, 0.4) is 0 Å². The number of H-pyrrole nitrogens is 1. The van der Waals surface area contributed by atoms with Crippen LogP contribution in [0, 0.1) is 12.7 Å². The number of fused-ring (bicyclic) bond motifs is 1. The Morgan fingerprint density at radius 2 is 2.08 bits per heavy atom. The van der Waals surface area contributed by atoms with E-state index >= 15 is 0 Å². The molecule has 0 spiro atoms. The number of nitrogens with one attached hydrogen (secondary N) is 2. The maximum atomic E-state index is 13.1. The van der Waals surface area contributed by atoms with Gasteiger partial charge < -0.3 is 0 Å². The standard InChI is InChI=1S/C16H15FN6O/c1-9-18-16(21-20-9)19-15(24)14-12-3-2-4-13(12)23(22-14)11-7-5-10(17)6-8-11/h5-8H,2-4H2,1H3,(H2,18,19,20,21,24). The first-order valence-corrected chi connectivity index (χ1v) is 7.69. The molecule has 24 heavy (non-hydrogen) atoms. The number of aromatic amines is 1. The average molecular weight is 326 g/mol. The fraction of sp³-hybridized carbons (Fsp3) is 0.250. The Kier molecular flexibility index (Phi) is 3.37. The molecule has 1 aliphatic carbocycles. The zero-order chi connectivity index (χ0) is 16.7. The van der Waals surface area contributed by atoms with Crippen LogP contribution < -0.4 is 5.32 Å². The number of anilines is 1. The quantitative estimate of drug-likeness (QED) is 0.772. The van der Waals surface area contributed by atoms with Crippen LogP contribution in [0.25, 0.3) is 5.69 Å². The van der Waals surface area contributed by atoms with E-state index in [1.807, 2.05) is 0 Å². The van der Waals surface area contributed by atoms with Crippen LogP contribution in [0.1, 0.15) is 34.0 Å². The van der Waals surface area contributed by atoms with Gasteiger partial charge in [0, 0.05) is 11.3 Å². The van der Waals surface area contributed by atoms with Gasteiger partial charge in [-0.1, -0.05) is 0 Å². The summed E-state index contributed by atoms with van der Waals surface area (Å²) in [6.07, 6.45) is 2.60. The minimum Gasteiger partial charge on any atom is -0.288 e. The van der Waals surface area contributed by atoms with E-state index in [0.29, 0.717) is 11.5 Å². The number of hydrogen-bond donors (Lipinski definition) is 2. The number of benzene rings is 1. The lowest BCUT2D eigenvalue weighted by atomic mass is 10.2. The minimum absolute atomic E-state index is 0.223. The smallest absolute Gasteiger partial charge is 0.278 e. The Balaban J connectivity index is 1.70. The highest BCUT2D eigenvalue weighted by Crippen LogP contribution is 2.28. The van der Waals surface area contributed by atoms with Crippen LogP contribution in [0.15, 0.2) is 24.3 Å². The molecule has 2 aromatic heterocycles. The number of carbonyl (C=O) groups excluding carboxylic acids is 1. The molecule has 2 N–H and O–H groups in total. The molecule has 1 amide bonds. The first kappa shape index (κ1) is 14.6. The Morgan fingerprint density at radius 1 is 1.29 bits per heavy atom. The maximum Gasteiger partial charge on any atom is 0.278 e. The van der Waals surface area contributed by atoms with Crippen LogP contribution in [-0.2, 0) is 12.8 Å². The van der Waals surface area contributed by atoms with E-state index < -0.39 is 0 Å². The van der Waals surface area contributed by atoms with E-state index in [1.54, 1.807) is 23.7 Å². The molecule has 7 nitrogen and oxygen atoms in total. The molecule has 2 heterocycles. The van der Waals surface area contributed by atoms with Gasteiger partial charge >= 0.3 is 0 Å². The lowest BCUT2D eigenvalue weighted by Crippen LogP contribution is -2.16. The highest BCUT2D eigenvalue weighted by molar-refractivity contribution is 6.03. The highest BCUT2D eigenvalue weighted by Gasteiger charge is 2.27. The molecule has 4 rings (SSSR count). The van der Waals surface area contributed by atoms with Crippen molar-refractivity contribution in [1.82, 2.24) is 25.0 Å². The summed E-state index contributed by atoms with van der Waals surface area (Å²) in [5.41, 5.74) is 3.04. The molecular weight excluding hydrogens is 311 g/mol. The number of halogens is 1. The van der Waals surface area contributed by atoms with Gasteiger partial charge in [0.2, 0.25) is 5.95 Å². The summed E-state index contributed by atoms with van der Waals surface area (Å²) in [4.78, 5) is 16.6. The summed E-state index contributed by atoms with van der Waals surface area (Å²) < 4.78 is 14.9.